The molecule has 0 heterocycles. The first-order valence-corrected chi connectivity index (χ1v) is 17.8. The standard InChI is InChI=1S/2C17H22O3S.Ca/c2*1-2-3-4-5-6-7-14-8-9-15-10-11-17(21(18,19)20)13-16(15)12-14;/h2*8-13H,2-7H2,1H3,(H,18,19,20);/q;;+2/p-2. The van der Waals surface area contributed by atoms with E-state index in [1.54, 1.807) is 12.1 Å². The van der Waals surface area contributed by atoms with Crippen molar-refractivity contribution in [1.82, 2.24) is 0 Å². The molecule has 0 saturated carbocycles. The first-order chi connectivity index (χ1) is 20.0. The molecule has 0 spiro atoms. The van der Waals surface area contributed by atoms with Gasteiger partial charge in [-0.3, -0.25) is 0 Å². The van der Waals surface area contributed by atoms with Crippen molar-refractivity contribution in [3.05, 3.63) is 83.9 Å². The van der Waals surface area contributed by atoms with Gasteiger partial charge in [0.2, 0.25) is 0 Å². The van der Waals surface area contributed by atoms with Gasteiger partial charge >= 0.3 is 37.7 Å². The third-order valence-corrected chi connectivity index (χ3v) is 9.13. The van der Waals surface area contributed by atoms with Crippen molar-refractivity contribution in [3.63, 3.8) is 0 Å². The summed E-state index contributed by atoms with van der Waals surface area (Å²) >= 11 is 0. The zero-order valence-electron chi connectivity index (χ0n) is 25.4. The summed E-state index contributed by atoms with van der Waals surface area (Å²) in [6, 6.07) is 21.2. The summed E-state index contributed by atoms with van der Waals surface area (Å²) in [5, 5.41) is 3.55. The van der Waals surface area contributed by atoms with Crippen LogP contribution in [-0.2, 0) is 33.1 Å². The second-order valence-corrected chi connectivity index (χ2v) is 13.7. The summed E-state index contributed by atoms with van der Waals surface area (Å²) in [7, 11) is -8.77. The molecule has 0 unspecified atom stereocenters. The minimum atomic E-state index is -4.38. The van der Waals surface area contributed by atoms with Gasteiger partial charge in [0.25, 0.3) is 0 Å². The van der Waals surface area contributed by atoms with Crippen molar-refractivity contribution in [1.29, 1.82) is 0 Å². The minimum Gasteiger partial charge on any atom is -0.744 e. The van der Waals surface area contributed by atoms with Crippen molar-refractivity contribution >= 4 is 79.5 Å². The van der Waals surface area contributed by atoms with Gasteiger partial charge in [0.05, 0.1) is 9.79 Å². The van der Waals surface area contributed by atoms with Crippen LogP contribution in [0, 0.1) is 0 Å². The number of benzene rings is 4. The Hall–Kier alpha value is -1.52. The Labute approximate surface area is 287 Å². The third kappa shape index (κ3) is 12.8. The Kier molecular flexibility index (Phi) is 16.2. The second-order valence-electron chi connectivity index (χ2n) is 10.9. The smallest absolute Gasteiger partial charge is 0.744 e. The first kappa shape index (κ1) is 37.7. The van der Waals surface area contributed by atoms with E-state index in [1.165, 1.54) is 86.8 Å². The average molecular weight is 651 g/mol. The molecule has 0 aliphatic rings. The molecule has 0 N–H and O–H groups in total. The Morgan fingerprint density at radius 2 is 0.814 bits per heavy atom. The molecule has 228 valence electrons. The Bertz CT molecular complexity index is 1540. The first-order valence-electron chi connectivity index (χ1n) is 15.0. The molecule has 6 nitrogen and oxygen atoms in total. The molecule has 0 amide bonds. The van der Waals surface area contributed by atoms with Gasteiger partial charge < -0.3 is 9.11 Å². The van der Waals surface area contributed by atoms with Crippen molar-refractivity contribution in [3.8, 4) is 0 Å². The zero-order chi connectivity index (χ0) is 30.6. The minimum absolute atomic E-state index is 0. The molecular weight excluding hydrogens is 609 g/mol. The molecule has 4 rings (SSSR count). The van der Waals surface area contributed by atoms with Crippen LogP contribution in [0.25, 0.3) is 21.5 Å². The topological polar surface area (TPSA) is 114 Å². The fourth-order valence-corrected chi connectivity index (χ4v) is 6.05. The average Bonchev–Trinajstić information content (AvgIpc) is 2.95. The maximum atomic E-state index is 11.1. The van der Waals surface area contributed by atoms with Gasteiger partial charge in [-0.15, -0.1) is 0 Å². The predicted molar refractivity (Wildman–Crippen MR) is 175 cm³/mol. The molecule has 0 atom stereocenters. The van der Waals surface area contributed by atoms with Gasteiger partial charge in [0, 0.05) is 0 Å². The summed E-state index contributed by atoms with van der Waals surface area (Å²) < 4.78 is 66.5. The van der Waals surface area contributed by atoms with Crippen molar-refractivity contribution < 1.29 is 25.9 Å². The fourth-order valence-electron chi connectivity index (χ4n) is 5.04. The quantitative estimate of drug-likeness (QED) is 0.0773. The van der Waals surface area contributed by atoms with Crippen LogP contribution in [-0.4, -0.2) is 63.7 Å². The van der Waals surface area contributed by atoms with E-state index in [9.17, 15) is 25.9 Å². The van der Waals surface area contributed by atoms with Gasteiger partial charge in [-0.1, -0.05) is 114 Å². The van der Waals surface area contributed by atoms with Gasteiger partial charge in [0.15, 0.2) is 0 Å². The van der Waals surface area contributed by atoms with E-state index >= 15 is 0 Å². The van der Waals surface area contributed by atoms with E-state index in [-0.39, 0.29) is 47.5 Å². The molecule has 0 fully saturated rings. The maximum absolute atomic E-state index is 11.1. The van der Waals surface area contributed by atoms with E-state index < -0.39 is 20.2 Å². The second kappa shape index (κ2) is 18.4. The Morgan fingerprint density at radius 3 is 1.16 bits per heavy atom. The van der Waals surface area contributed by atoms with Crippen LogP contribution in [0.3, 0.4) is 0 Å². The van der Waals surface area contributed by atoms with Crippen molar-refractivity contribution in [2.24, 2.45) is 0 Å². The number of hydrogen-bond donors (Lipinski definition) is 0. The SMILES string of the molecule is CCCCCCCc1ccc2ccc(S(=O)(=O)[O-])cc2c1.CCCCCCCc1ccc2ccc(S(=O)(=O)[O-])cc2c1.[Ca+2]. The molecule has 4 aromatic rings. The molecule has 0 bridgehead atoms. The van der Waals surface area contributed by atoms with Crippen LogP contribution >= 0.6 is 0 Å². The molecule has 0 aromatic heterocycles. The van der Waals surface area contributed by atoms with Crippen molar-refractivity contribution in [2.45, 2.75) is 101 Å². The van der Waals surface area contributed by atoms with Crippen LogP contribution in [0.4, 0.5) is 0 Å². The van der Waals surface area contributed by atoms with Crippen molar-refractivity contribution in [2.75, 3.05) is 0 Å². The number of rotatable bonds is 14. The number of hydrogen-bond acceptors (Lipinski definition) is 6. The van der Waals surface area contributed by atoms with E-state index in [1.807, 2.05) is 24.3 Å². The van der Waals surface area contributed by atoms with Crippen LogP contribution in [0.5, 0.6) is 0 Å². The van der Waals surface area contributed by atoms with Crippen LogP contribution in [0.1, 0.15) is 89.2 Å². The zero-order valence-corrected chi connectivity index (χ0v) is 29.2. The molecule has 0 saturated heterocycles. The number of aryl methyl sites for hydroxylation is 2. The summed E-state index contributed by atoms with van der Waals surface area (Å²) in [5.41, 5.74) is 2.39. The summed E-state index contributed by atoms with van der Waals surface area (Å²) in [4.78, 5) is -0.315. The molecule has 4 aromatic carbocycles. The van der Waals surface area contributed by atoms with Gasteiger partial charge in [-0.05, 0) is 82.6 Å². The molecular formula is C34H42CaO6S2. The summed E-state index contributed by atoms with van der Waals surface area (Å²) in [6.45, 7) is 4.40. The van der Waals surface area contributed by atoms with Gasteiger partial charge in [-0.25, -0.2) is 16.8 Å². The van der Waals surface area contributed by atoms with E-state index in [2.05, 4.69) is 26.0 Å². The third-order valence-electron chi connectivity index (χ3n) is 7.47. The molecule has 0 aliphatic carbocycles. The predicted octanol–water partition coefficient (Wildman–Crippen LogP) is 8.13. The monoisotopic (exact) mass is 650 g/mol. The van der Waals surface area contributed by atoms with E-state index in [4.69, 9.17) is 0 Å². The Morgan fingerprint density at radius 1 is 0.465 bits per heavy atom. The normalized spacial score (nSPS) is 11.6. The fraction of sp³-hybridized carbons (Fsp3) is 0.412. The Balaban J connectivity index is 0.000000293. The number of unbranched alkanes of at least 4 members (excludes halogenated alkanes) is 8. The largest absolute Gasteiger partial charge is 2.00 e. The van der Waals surface area contributed by atoms with Crippen LogP contribution in [0.15, 0.2) is 82.6 Å². The number of fused-ring (bicyclic) bond motifs is 2. The molecule has 0 radical (unpaired) electrons. The maximum Gasteiger partial charge on any atom is 2.00 e. The molecule has 43 heavy (non-hydrogen) atoms. The van der Waals surface area contributed by atoms with Gasteiger partial charge in [0.1, 0.15) is 20.2 Å². The molecule has 0 aliphatic heterocycles. The summed E-state index contributed by atoms with van der Waals surface area (Å²) in [5.74, 6) is 0. The van der Waals surface area contributed by atoms with E-state index in [0.717, 1.165) is 47.2 Å². The summed E-state index contributed by atoms with van der Waals surface area (Å²) in [6.07, 6.45) is 14.3. The van der Waals surface area contributed by atoms with E-state index in [0.29, 0.717) is 0 Å². The molecule has 9 heteroatoms. The van der Waals surface area contributed by atoms with Crippen LogP contribution in [0.2, 0.25) is 0 Å². The van der Waals surface area contributed by atoms with Crippen LogP contribution < -0.4 is 0 Å². The van der Waals surface area contributed by atoms with Gasteiger partial charge in [-0.2, -0.15) is 0 Å².